The predicted molar refractivity (Wildman–Crippen MR) is 92.7 cm³/mol. The van der Waals surface area contributed by atoms with Crippen LogP contribution in [0.3, 0.4) is 0 Å². The molecule has 2 N–H and O–H groups in total. The first-order valence-corrected chi connectivity index (χ1v) is 7.48. The first kappa shape index (κ1) is 16.3. The van der Waals surface area contributed by atoms with Gasteiger partial charge in [0.15, 0.2) is 5.11 Å². The van der Waals surface area contributed by atoms with Crippen LogP contribution in [0.4, 0.5) is 5.69 Å². The molecule has 0 radical (unpaired) electrons. The van der Waals surface area contributed by atoms with Gasteiger partial charge in [0, 0.05) is 10.6 Å². The molecule has 22 heavy (non-hydrogen) atoms. The Morgan fingerprint density at radius 1 is 1.18 bits per heavy atom. The number of hydrogen-bond donors (Lipinski definition) is 2. The lowest BCUT2D eigenvalue weighted by molar-refractivity contribution is 0.0977. The number of carbonyl (C=O) groups excluding carboxylic acids is 1. The molecule has 0 spiro atoms. The minimum Gasteiger partial charge on any atom is -0.492 e. The maximum atomic E-state index is 12.1. The van der Waals surface area contributed by atoms with Gasteiger partial charge in [-0.2, -0.15) is 0 Å². The predicted octanol–water partition coefficient (Wildman–Crippen LogP) is 3.87. The summed E-state index contributed by atoms with van der Waals surface area (Å²) in [6.45, 7) is 2.44. The fraction of sp³-hybridized carbons (Fsp3) is 0.125. The van der Waals surface area contributed by atoms with Crippen LogP contribution in [0.5, 0.6) is 5.75 Å². The molecule has 0 bridgehead atoms. The second kappa shape index (κ2) is 7.77. The van der Waals surface area contributed by atoms with Crippen LogP contribution >= 0.6 is 23.8 Å². The maximum absolute atomic E-state index is 12.1. The zero-order valence-corrected chi connectivity index (χ0v) is 13.5. The quantitative estimate of drug-likeness (QED) is 0.833. The molecule has 0 atom stereocenters. The molecule has 0 aromatic heterocycles. The number of halogens is 1. The van der Waals surface area contributed by atoms with Gasteiger partial charge in [-0.25, -0.2) is 0 Å². The van der Waals surface area contributed by atoms with Crippen molar-refractivity contribution in [1.82, 2.24) is 5.32 Å². The van der Waals surface area contributed by atoms with E-state index in [2.05, 4.69) is 10.6 Å². The topological polar surface area (TPSA) is 50.4 Å². The van der Waals surface area contributed by atoms with E-state index in [1.165, 1.54) is 0 Å². The molecule has 6 heteroatoms. The third-order valence-electron chi connectivity index (χ3n) is 2.77. The van der Waals surface area contributed by atoms with Crippen molar-refractivity contribution in [2.45, 2.75) is 6.92 Å². The molecule has 114 valence electrons. The van der Waals surface area contributed by atoms with Gasteiger partial charge in [-0.05, 0) is 55.5 Å². The van der Waals surface area contributed by atoms with Crippen molar-refractivity contribution in [3.05, 3.63) is 59.1 Å². The average Bonchev–Trinajstić information content (AvgIpc) is 2.50. The monoisotopic (exact) mass is 334 g/mol. The highest BCUT2D eigenvalue weighted by molar-refractivity contribution is 7.80. The Balaban J connectivity index is 2.01. The summed E-state index contributed by atoms with van der Waals surface area (Å²) >= 11 is 10.9. The van der Waals surface area contributed by atoms with Crippen molar-refractivity contribution in [3.63, 3.8) is 0 Å². The summed E-state index contributed by atoms with van der Waals surface area (Å²) in [5.41, 5.74) is 1.18. The molecule has 0 saturated carbocycles. The molecule has 0 unspecified atom stereocenters. The van der Waals surface area contributed by atoms with Gasteiger partial charge >= 0.3 is 0 Å². The largest absolute Gasteiger partial charge is 0.492 e. The third kappa shape index (κ3) is 4.44. The van der Waals surface area contributed by atoms with Crippen molar-refractivity contribution in [2.24, 2.45) is 0 Å². The van der Waals surface area contributed by atoms with Crippen molar-refractivity contribution in [3.8, 4) is 5.75 Å². The SMILES string of the molecule is CCOc1ccccc1NC(=S)NC(=O)c1ccc(Cl)cc1. The molecule has 0 aliphatic heterocycles. The van der Waals surface area contributed by atoms with Gasteiger partial charge in [0.1, 0.15) is 5.75 Å². The highest BCUT2D eigenvalue weighted by Gasteiger charge is 2.09. The van der Waals surface area contributed by atoms with E-state index in [1.54, 1.807) is 24.3 Å². The fourth-order valence-corrected chi connectivity index (χ4v) is 2.11. The van der Waals surface area contributed by atoms with Gasteiger partial charge in [0.2, 0.25) is 0 Å². The Bertz CT molecular complexity index is 674. The zero-order valence-electron chi connectivity index (χ0n) is 11.9. The standard InChI is InChI=1S/C16H15ClN2O2S/c1-2-21-14-6-4-3-5-13(14)18-16(22)19-15(20)11-7-9-12(17)10-8-11/h3-10H,2H2,1H3,(H2,18,19,20,22). The second-order valence-electron chi connectivity index (χ2n) is 4.34. The van der Waals surface area contributed by atoms with E-state index in [0.717, 1.165) is 0 Å². The number of ether oxygens (including phenoxy) is 1. The molecule has 0 aliphatic carbocycles. The fourth-order valence-electron chi connectivity index (χ4n) is 1.78. The van der Waals surface area contributed by atoms with Gasteiger partial charge in [0.05, 0.1) is 12.3 Å². The van der Waals surface area contributed by atoms with Crippen LogP contribution < -0.4 is 15.4 Å². The first-order chi connectivity index (χ1) is 10.6. The summed E-state index contributed by atoms with van der Waals surface area (Å²) in [6.07, 6.45) is 0. The molecule has 4 nitrogen and oxygen atoms in total. The van der Waals surface area contributed by atoms with Crippen LogP contribution in [-0.2, 0) is 0 Å². The number of amides is 1. The van der Waals surface area contributed by atoms with E-state index in [-0.39, 0.29) is 11.0 Å². The number of thiocarbonyl (C=S) groups is 1. The van der Waals surface area contributed by atoms with Crippen molar-refractivity contribution in [1.29, 1.82) is 0 Å². The van der Waals surface area contributed by atoms with E-state index in [1.807, 2.05) is 31.2 Å². The van der Waals surface area contributed by atoms with Gasteiger partial charge in [-0.3, -0.25) is 10.1 Å². The van der Waals surface area contributed by atoms with Crippen LogP contribution in [0, 0.1) is 0 Å². The normalized spacial score (nSPS) is 9.91. The summed E-state index contributed by atoms with van der Waals surface area (Å²) in [5, 5.41) is 6.35. The van der Waals surface area contributed by atoms with E-state index < -0.39 is 0 Å². The summed E-state index contributed by atoms with van der Waals surface area (Å²) in [4.78, 5) is 12.1. The van der Waals surface area contributed by atoms with Crippen LogP contribution in [-0.4, -0.2) is 17.6 Å². The number of benzene rings is 2. The number of hydrogen-bond acceptors (Lipinski definition) is 3. The Morgan fingerprint density at radius 3 is 2.55 bits per heavy atom. The number of rotatable bonds is 4. The maximum Gasteiger partial charge on any atom is 0.257 e. The smallest absolute Gasteiger partial charge is 0.257 e. The molecule has 2 aromatic carbocycles. The highest BCUT2D eigenvalue weighted by atomic mass is 35.5. The number of nitrogens with one attached hydrogen (secondary N) is 2. The lowest BCUT2D eigenvalue weighted by Gasteiger charge is -2.13. The summed E-state index contributed by atoms with van der Waals surface area (Å²) < 4.78 is 5.49. The Hall–Kier alpha value is -2.11. The summed E-state index contributed by atoms with van der Waals surface area (Å²) in [5.74, 6) is 0.371. The van der Waals surface area contributed by atoms with E-state index in [0.29, 0.717) is 28.6 Å². The van der Waals surface area contributed by atoms with Gasteiger partial charge in [-0.15, -0.1) is 0 Å². The van der Waals surface area contributed by atoms with Crippen LogP contribution in [0.2, 0.25) is 5.02 Å². The lowest BCUT2D eigenvalue weighted by atomic mass is 10.2. The van der Waals surface area contributed by atoms with Crippen LogP contribution in [0.25, 0.3) is 0 Å². The number of para-hydroxylation sites is 2. The molecule has 2 aromatic rings. The minimum absolute atomic E-state index is 0.201. The first-order valence-electron chi connectivity index (χ1n) is 6.70. The molecule has 0 fully saturated rings. The highest BCUT2D eigenvalue weighted by Crippen LogP contribution is 2.23. The van der Waals surface area contributed by atoms with Gasteiger partial charge in [0.25, 0.3) is 5.91 Å². The van der Waals surface area contributed by atoms with Crippen molar-refractivity contribution in [2.75, 3.05) is 11.9 Å². The number of carbonyl (C=O) groups is 1. The molecule has 1 amide bonds. The van der Waals surface area contributed by atoms with Crippen molar-refractivity contribution < 1.29 is 9.53 Å². The van der Waals surface area contributed by atoms with E-state index >= 15 is 0 Å². The molecule has 0 heterocycles. The Labute approximate surface area is 139 Å². The average molecular weight is 335 g/mol. The Kier molecular flexibility index (Phi) is 5.75. The van der Waals surface area contributed by atoms with E-state index in [9.17, 15) is 4.79 Å². The third-order valence-corrected chi connectivity index (χ3v) is 3.22. The van der Waals surface area contributed by atoms with Crippen molar-refractivity contribution >= 4 is 40.5 Å². The molecular formula is C16H15ClN2O2S. The second-order valence-corrected chi connectivity index (χ2v) is 5.19. The summed E-state index contributed by atoms with van der Waals surface area (Å²) in [6, 6.07) is 13.9. The minimum atomic E-state index is -0.303. The molecule has 0 saturated heterocycles. The Morgan fingerprint density at radius 2 is 1.86 bits per heavy atom. The van der Waals surface area contributed by atoms with Crippen LogP contribution in [0.1, 0.15) is 17.3 Å². The molecular weight excluding hydrogens is 320 g/mol. The van der Waals surface area contributed by atoms with Gasteiger partial charge in [-0.1, -0.05) is 23.7 Å². The summed E-state index contributed by atoms with van der Waals surface area (Å²) in [7, 11) is 0. The van der Waals surface area contributed by atoms with Crippen LogP contribution in [0.15, 0.2) is 48.5 Å². The van der Waals surface area contributed by atoms with Gasteiger partial charge < -0.3 is 10.1 Å². The number of anilines is 1. The van der Waals surface area contributed by atoms with E-state index in [4.69, 9.17) is 28.6 Å². The molecule has 0 aliphatic rings. The molecule has 2 rings (SSSR count). The lowest BCUT2D eigenvalue weighted by Crippen LogP contribution is -2.34. The zero-order chi connectivity index (χ0) is 15.9.